The molecule has 0 saturated carbocycles. The summed E-state index contributed by atoms with van der Waals surface area (Å²) in [5.74, 6) is -0.488. The molecule has 120 valence electrons. The molecule has 1 aromatic carbocycles. The second-order valence-corrected chi connectivity index (χ2v) is 6.50. The summed E-state index contributed by atoms with van der Waals surface area (Å²) in [5.41, 5.74) is 0.478. The third kappa shape index (κ3) is 7.35. The minimum Gasteiger partial charge on any atom is -0.505 e. The number of phenols is 1. The summed E-state index contributed by atoms with van der Waals surface area (Å²) in [6.45, 7) is 7.52. The molecular formula is C18H29FO2. The van der Waals surface area contributed by atoms with Crippen molar-refractivity contribution in [3.05, 3.63) is 24.0 Å². The van der Waals surface area contributed by atoms with Crippen LogP contribution < -0.4 is 4.74 Å². The molecule has 0 saturated heterocycles. The molecule has 0 amide bonds. The number of hydrogen-bond donors (Lipinski definition) is 1. The van der Waals surface area contributed by atoms with Crippen LogP contribution in [0.4, 0.5) is 4.39 Å². The first-order chi connectivity index (χ1) is 9.94. The van der Waals surface area contributed by atoms with Gasteiger partial charge < -0.3 is 9.84 Å². The second kappa shape index (κ2) is 8.91. The van der Waals surface area contributed by atoms with Crippen LogP contribution in [0, 0.1) is 11.2 Å². The highest BCUT2D eigenvalue weighted by molar-refractivity contribution is 5.31. The first-order valence-corrected chi connectivity index (χ1v) is 8.06. The van der Waals surface area contributed by atoms with Crippen LogP contribution in [-0.4, -0.2) is 11.7 Å². The van der Waals surface area contributed by atoms with Crippen molar-refractivity contribution in [2.24, 2.45) is 5.41 Å². The van der Waals surface area contributed by atoms with E-state index in [2.05, 4.69) is 20.8 Å². The van der Waals surface area contributed by atoms with Crippen LogP contribution in [0.15, 0.2) is 18.2 Å². The molecule has 1 N–H and O–H groups in total. The van der Waals surface area contributed by atoms with Gasteiger partial charge in [0.1, 0.15) is 5.75 Å². The van der Waals surface area contributed by atoms with Crippen molar-refractivity contribution in [1.29, 1.82) is 0 Å². The van der Waals surface area contributed by atoms with Gasteiger partial charge in [-0.25, -0.2) is 4.39 Å². The minimum atomic E-state index is -0.633. The number of aromatic hydroxyl groups is 1. The topological polar surface area (TPSA) is 29.5 Å². The molecule has 21 heavy (non-hydrogen) atoms. The summed E-state index contributed by atoms with van der Waals surface area (Å²) in [4.78, 5) is 0. The Bertz CT molecular complexity index is 416. The normalized spacial score (nSPS) is 11.6. The summed E-state index contributed by atoms with van der Waals surface area (Å²) >= 11 is 0. The van der Waals surface area contributed by atoms with Crippen molar-refractivity contribution in [1.82, 2.24) is 0 Å². The van der Waals surface area contributed by atoms with Gasteiger partial charge in [-0.3, -0.25) is 0 Å². The lowest BCUT2D eigenvalue weighted by atomic mass is 9.84. The average molecular weight is 296 g/mol. The second-order valence-electron chi connectivity index (χ2n) is 6.50. The Balaban J connectivity index is 2.03. The van der Waals surface area contributed by atoms with Crippen molar-refractivity contribution in [3.8, 4) is 11.5 Å². The molecular weight excluding hydrogens is 267 g/mol. The standard InChI is InChI=1S/C18H29FO2/c1-4-18(2,3)12-8-6-5-7-9-13-21-15-10-11-17(20)16(19)14-15/h10-11,14,20H,4-9,12-13H2,1-3H3. The van der Waals surface area contributed by atoms with E-state index in [1.807, 2.05) is 0 Å². The highest BCUT2D eigenvalue weighted by Crippen LogP contribution is 2.27. The highest BCUT2D eigenvalue weighted by atomic mass is 19.1. The molecule has 0 spiro atoms. The number of halogens is 1. The van der Waals surface area contributed by atoms with Crippen LogP contribution in [-0.2, 0) is 0 Å². The van der Waals surface area contributed by atoms with Crippen molar-refractivity contribution in [2.75, 3.05) is 6.61 Å². The highest BCUT2D eigenvalue weighted by Gasteiger charge is 2.13. The molecule has 1 rings (SSSR count). The van der Waals surface area contributed by atoms with E-state index < -0.39 is 5.82 Å². The van der Waals surface area contributed by atoms with E-state index in [0.717, 1.165) is 12.8 Å². The molecule has 0 bridgehead atoms. The maximum Gasteiger partial charge on any atom is 0.168 e. The predicted molar refractivity (Wildman–Crippen MR) is 85.3 cm³/mol. The Morgan fingerprint density at radius 3 is 2.43 bits per heavy atom. The van der Waals surface area contributed by atoms with E-state index in [9.17, 15) is 4.39 Å². The van der Waals surface area contributed by atoms with Crippen LogP contribution in [0.1, 0.15) is 65.7 Å². The summed E-state index contributed by atoms with van der Waals surface area (Å²) < 4.78 is 18.6. The quantitative estimate of drug-likeness (QED) is 0.562. The van der Waals surface area contributed by atoms with Gasteiger partial charge in [-0.1, -0.05) is 52.9 Å². The molecule has 0 heterocycles. The molecule has 0 fully saturated rings. The number of hydrogen-bond acceptors (Lipinski definition) is 2. The van der Waals surface area contributed by atoms with Crippen molar-refractivity contribution in [3.63, 3.8) is 0 Å². The smallest absolute Gasteiger partial charge is 0.168 e. The van der Waals surface area contributed by atoms with E-state index in [4.69, 9.17) is 9.84 Å². The number of benzene rings is 1. The van der Waals surface area contributed by atoms with Gasteiger partial charge >= 0.3 is 0 Å². The number of phenolic OH excluding ortho intramolecular Hbond substituents is 1. The van der Waals surface area contributed by atoms with E-state index in [-0.39, 0.29) is 5.75 Å². The zero-order valence-corrected chi connectivity index (χ0v) is 13.6. The van der Waals surface area contributed by atoms with Gasteiger partial charge in [0.15, 0.2) is 11.6 Å². The lowest BCUT2D eigenvalue weighted by Crippen LogP contribution is -2.08. The molecule has 0 radical (unpaired) electrons. The average Bonchev–Trinajstić information content (AvgIpc) is 2.45. The van der Waals surface area contributed by atoms with Gasteiger partial charge in [0.25, 0.3) is 0 Å². The van der Waals surface area contributed by atoms with Crippen molar-refractivity contribution in [2.45, 2.75) is 65.7 Å². The lowest BCUT2D eigenvalue weighted by Gasteiger charge is -2.22. The van der Waals surface area contributed by atoms with Crippen LogP contribution >= 0.6 is 0 Å². The van der Waals surface area contributed by atoms with E-state index in [1.54, 1.807) is 6.07 Å². The van der Waals surface area contributed by atoms with Gasteiger partial charge in [-0.2, -0.15) is 0 Å². The van der Waals surface area contributed by atoms with Crippen LogP contribution in [0.2, 0.25) is 0 Å². The molecule has 0 aromatic heterocycles. The molecule has 0 aliphatic carbocycles. The number of unbranched alkanes of at least 4 members (excludes halogenated alkanes) is 4. The monoisotopic (exact) mass is 296 g/mol. The summed E-state index contributed by atoms with van der Waals surface area (Å²) in [6, 6.07) is 4.13. The van der Waals surface area contributed by atoms with Crippen molar-refractivity contribution < 1.29 is 14.2 Å². The van der Waals surface area contributed by atoms with Gasteiger partial charge in [0.2, 0.25) is 0 Å². The summed E-state index contributed by atoms with van der Waals surface area (Å²) in [7, 11) is 0. The molecule has 1 aromatic rings. The molecule has 2 nitrogen and oxygen atoms in total. The molecule has 0 atom stereocenters. The third-order valence-corrected chi connectivity index (χ3v) is 4.14. The SMILES string of the molecule is CCC(C)(C)CCCCCCCOc1ccc(O)c(F)c1. The maximum absolute atomic E-state index is 13.1. The van der Waals surface area contributed by atoms with Gasteiger partial charge in [0, 0.05) is 6.07 Å². The largest absolute Gasteiger partial charge is 0.505 e. The predicted octanol–water partition coefficient (Wildman–Crippen LogP) is 5.69. The number of ether oxygens (including phenoxy) is 1. The lowest BCUT2D eigenvalue weighted by molar-refractivity contribution is 0.293. The Labute approximate surface area is 128 Å². The molecule has 3 heteroatoms. The fourth-order valence-electron chi connectivity index (χ4n) is 2.18. The van der Waals surface area contributed by atoms with E-state index in [1.165, 1.54) is 44.2 Å². The fraction of sp³-hybridized carbons (Fsp3) is 0.667. The van der Waals surface area contributed by atoms with Crippen molar-refractivity contribution >= 4 is 0 Å². The first-order valence-electron chi connectivity index (χ1n) is 8.06. The van der Waals surface area contributed by atoms with Gasteiger partial charge in [-0.15, -0.1) is 0 Å². The first kappa shape index (κ1) is 17.8. The molecule has 0 unspecified atom stereocenters. The Morgan fingerprint density at radius 1 is 1.10 bits per heavy atom. The Kier molecular flexibility index (Phi) is 7.55. The maximum atomic E-state index is 13.1. The van der Waals surface area contributed by atoms with E-state index in [0.29, 0.717) is 17.8 Å². The zero-order chi connectivity index (χ0) is 15.7. The van der Waals surface area contributed by atoms with Crippen LogP contribution in [0.3, 0.4) is 0 Å². The molecule has 0 aliphatic heterocycles. The van der Waals surface area contributed by atoms with Gasteiger partial charge in [-0.05, 0) is 30.4 Å². The number of rotatable bonds is 10. The summed E-state index contributed by atoms with van der Waals surface area (Å²) in [5, 5.41) is 9.08. The molecule has 0 aliphatic rings. The van der Waals surface area contributed by atoms with Gasteiger partial charge in [0.05, 0.1) is 6.61 Å². The minimum absolute atomic E-state index is 0.336. The van der Waals surface area contributed by atoms with Crippen LogP contribution in [0.5, 0.6) is 11.5 Å². The van der Waals surface area contributed by atoms with Crippen LogP contribution in [0.25, 0.3) is 0 Å². The Morgan fingerprint density at radius 2 is 1.76 bits per heavy atom. The van der Waals surface area contributed by atoms with E-state index >= 15 is 0 Å². The third-order valence-electron chi connectivity index (χ3n) is 4.14. The summed E-state index contributed by atoms with van der Waals surface area (Å²) in [6.07, 6.45) is 8.47. The Hall–Kier alpha value is -1.25. The zero-order valence-electron chi connectivity index (χ0n) is 13.6. The fourth-order valence-corrected chi connectivity index (χ4v) is 2.18.